The summed E-state index contributed by atoms with van der Waals surface area (Å²) in [4.78, 5) is 2.08. The van der Waals surface area contributed by atoms with Crippen molar-refractivity contribution in [3.8, 4) is 6.07 Å². The molecule has 0 amide bonds. The Hall–Kier alpha value is -1.05. The summed E-state index contributed by atoms with van der Waals surface area (Å²) in [5, 5.41) is 9.00. The predicted molar refractivity (Wildman–Crippen MR) is 61.7 cm³/mol. The molecule has 15 heavy (non-hydrogen) atoms. The van der Waals surface area contributed by atoms with Gasteiger partial charge in [0.2, 0.25) is 0 Å². The van der Waals surface area contributed by atoms with E-state index in [4.69, 9.17) is 10.00 Å². The summed E-state index contributed by atoms with van der Waals surface area (Å²) in [6.07, 6.45) is 0. The van der Waals surface area contributed by atoms with E-state index in [1.165, 1.54) is 0 Å². The van der Waals surface area contributed by atoms with Gasteiger partial charge in [-0.3, -0.25) is 0 Å². The maximum Gasteiger partial charge on any atom is 0.140 e. The van der Waals surface area contributed by atoms with Gasteiger partial charge in [0.05, 0.1) is 19.3 Å². The summed E-state index contributed by atoms with van der Waals surface area (Å²) in [6, 6.07) is 10.1. The molecule has 0 spiro atoms. The lowest BCUT2D eigenvalue weighted by Gasteiger charge is -2.33. The fraction of sp³-hybridized carbons (Fsp3) is 0.364. The van der Waals surface area contributed by atoms with E-state index in [1.807, 2.05) is 24.3 Å². The predicted octanol–water partition coefficient (Wildman–Crippen LogP) is 2.18. The van der Waals surface area contributed by atoms with Gasteiger partial charge in [-0.15, -0.1) is 0 Å². The molecule has 1 heterocycles. The number of morpholine rings is 1. The van der Waals surface area contributed by atoms with Gasteiger partial charge in [-0.2, -0.15) is 5.26 Å². The van der Waals surface area contributed by atoms with Crippen LogP contribution < -0.4 is 4.90 Å². The van der Waals surface area contributed by atoms with E-state index in [0.29, 0.717) is 13.2 Å². The molecule has 0 bridgehead atoms. The van der Waals surface area contributed by atoms with Crippen molar-refractivity contribution in [2.24, 2.45) is 0 Å². The van der Waals surface area contributed by atoms with E-state index >= 15 is 0 Å². The Labute approximate surface area is 97.4 Å². The molecule has 1 atom stereocenters. The number of benzene rings is 1. The first-order valence-corrected chi connectivity index (χ1v) is 5.60. The van der Waals surface area contributed by atoms with Crippen molar-refractivity contribution in [2.75, 3.05) is 24.7 Å². The van der Waals surface area contributed by atoms with Crippen LogP contribution in [0.1, 0.15) is 0 Å². The number of hydrogen-bond acceptors (Lipinski definition) is 3. The van der Waals surface area contributed by atoms with Gasteiger partial charge in [0.15, 0.2) is 0 Å². The van der Waals surface area contributed by atoms with Crippen molar-refractivity contribution in [3.63, 3.8) is 0 Å². The number of hydrogen-bond donors (Lipinski definition) is 0. The van der Waals surface area contributed by atoms with Crippen LogP contribution in [0.2, 0.25) is 0 Å². The molecule has 2 rings (SSSR count). The van der Waals surface area contributed by atoms with Crippen LogP contribution in [0.25, 0.3) is 0 Å². The van der Waals surface area contributed by atoms with Crippen LogP contribution in [0.15, 0.2) is 28.7 Å². The molecule has 0 saturated carbocycles. The van der Waals surface area contributed by atoms with Crippen LogP contribution in [0.4, 0.5) is 5.69 Å². The van der Waals surface area contributed by atoms with Crippen molar-refractivity contribution < 1.29 is 4.74 Å². The molecular weight excluding hydrogens is 256 g/mol. The molecule has 1 aromatic rings. The molecule has 1 aromatic carbocycles. The fourth-order valence-corrected chi connectivity index (χ4v) is 1.92. The fourth-order valence-electron chi connectivity index (χ4n) is 1.65. The first kappa shape index (κ1) is 10.5. The van der Waals surface area contributed by atoms with Gasteiger partial charge in [-0.05, 0) is 24.3 Å². The summed E-state index contributed by atoms with van der Waals surface area (Å²) in [5.74, 6) is 0. The molecular formula is C11H11BrN2O. The summed E-state index contributed by atoms with van der Waals surface area (Å²) < 4.78 is 6.32. The van der Waals surface area contributed by atoms with Gasteiger partial charge >= 0.3 is 0 Å². The number of ether oxygens (including phenoxy) is 1. The third kappa shape index (κ3) is 2.31. The van der Waals surface area contributed by atoms with Crippen LogP contribution >= 0.6 is 15.9 Å². The molecule has 1 fully saturated rings. The highest BCUT2D eigenvalue weighted by Crippen LogP contribution is 2.21. The topological polar surface area (TPSA) is 36.3 Å². The number of halogens is 1. The Morgan fingerprint density at radius 2 is 2.13 bits per heavy atom. The van der Waals surface area contributed by atoms with Gasteiger partial charge in [-0.25, -0.2) is 0 Å². The van der Waals surface area contributed by atoms with Crippen LogP contribution in [0.3, 0.4) is 0 Å². The monoisotopic (exact) mass is 266 g/mol. The highest BCUT2D eigenvalue weighted by molar-refractivity contribution is 9.10. The van der Waals surface area contributed by atoms with Crippen molar-refractivity contribution in [1.82, 2.24) is 0 Å². The first-order chi connectivity index (χ1) is 7.31. The van der Waals surface area contributed by atoms with Gasteiger partial charge < -0.3 is 9.64 Å². The van der Waals surface area contributed by atoms with Crippen molar-refractivity contribution >= 4 is 21.6 Å². The summed E-state index contributed by atoms with van der Waals surface area (Å²) in [5.41, 5.74) is 1.08. The minimum absolute atomic E-state index is 0.167. The van der Waals surface area contributed by atoms with E-state index in [9.17, 15) is 0 Å². The summed E-state index contributed by atoms with van der Waals surface area (Å²) in [6.45, 7) is 1.96. The molecule has 0 radical (unpaired) electrons. The number of nitrogens with zero attached hydrogens (tertiary/aromatic N) is 2. The SMILES string of the molecule is N#CC1COCCN1c1ccc(Br)cc1. The Morgan fingerprint density at radius 3 is 2.80 bits per heavy atom. The highest BCUT2D eigenvalue weighted by Gasteiger charge is 2.22. The minimum atomic E-state index is -0.167. The maximum atomic E-state index is 9.00. The average Bonchev–Trinajstić information content (AvgIpc) is 2.30. The first-order valence-electron chi connectivity index (χ1n) is 4.81. The van der Waals surface area contributed by atoms with Gasteiger partial charge in [-0.1, -0.05) is 15.9 Å². The molecule has 0 aromatic heterocycles. The third-order valence-corrected chi connectivity index (χ3v) is 2.96. The molecule has 0 aliphatic carbocycles. The minimum Gasteiger partial charge on any atom is -0.376 e. The lowest BCUT2D eigenvalue weighted by Crippen LogP contribution is -2.44. The quantitative estimate of drug-likeness (QED) is 0.782. The molecule has 1 aliphatic heterocycles. The second-order valence-corrected chi connectivity index (χ2v) is 4.31. The van der Waals surface area contributed by atoms with Crippen molar-refractivity contribution in [1.29, 1.82) is 5.26 Å². The number of nitriles is 1. The molecule has 1 aliphatic rings. The second kappa shape index (κ2) is 4.65. The molecule has 78 valence electrons. The number of rotatable bonds is 1. The Kier molecular flexibility index (Phi) is 3.24. The average molecular weight is 267 g/mol. The smallest absolute Gasteiger partial charge is 0.140 e. The highest BCUT2D eigenvalue weighted by atomic mass is 79.9. The lowest BCUT2D eigenvalue weighted by atomic mass is 10.2. The van der Waals surface area contributed by atoms with E-state index in [-0.39, 0.29) is 6.04 Å². The largest absolute Gasteiger partial charge is 0.376 e. The normalized spacial score (nSPS) is 21.1. The van der Waals surface area contributed by atoms with Gasteiger partial charge in [0, 0.05) is 16.7 Å². The van der Waals surface area contributed by atoms with Crippen molar-refractivity contribution in [2.45, 2.75) is 6.04 Å². The molecule has 1 saturated heterocycles. The number of anilines is 1. The molecule has 4 heteroatoms. The van der Waals surface area contributed by atoms with E-state index in [1.54, 1.807) is 0 Å². The van der Waals surface area contributed by atoms with Gasteiger partial charge in [0.1, 0.15) is 6.04 Å². The van der Waals surface area contributed by atoms with Crippen LogP contribution in [0, 0.1) is 11.3 Å². The second-order valence-electron chi connectivity index (χ2n) is 3.39. The Bertz CT molecular complexity index is 371. The van der Waals surface area contributed by atoms with E-state index in [0.717, 1.165) is 16.7 Å². The molecule has 1 unspecified atom stereocenters. The van der Waals surface area contributed by atoms with Crippen LogP contribution in [-0.2, 0) is 4.74 Å². The zero-order chi connectivity index (χ0) is 10.7. The van der Waals surface area contributed by atoms with Crippen LogP contribution in [-0.4, -0.2) is 25.8 Å². The Balaban J connectivity index is 2.21. The molecule has 0 N–H and O–H groups in total. The van der Waals surface area contributed by atoms with Gasteiger partial charge in [0.25, 0.3) is 0 Å². The summed E-state index contributed by atoms with van der Waals surface area (Å²) >= 11 is 3.39. The van der Waals surface area contributed by atoms with E-state index in [2.05, 4.69) is 26.9 Å². The summed E-state index contributed by atoms with van der Waals surface area (Å²) in [7, 11) is 0. The Morgan fingerprint density at radius 1 is 1.40 bits per heavy atom. The standard InChI is InChI=1S/C11H11BrN2O/c12-9-1-3-10(4-2-9)14-5-6-15-8-11(14)7-13/h1-4,11H,5-6,8H2. The third-order valence-electron chi connectivity index (χ3n) is 2.44. The van der Waals surface area contributed by atoms with Crippen LogP contribution in [0.5, 0.6) is 0 Å². The maximum absolute atomic E-state index is 9.00. The van der Waals surface area contributed by atoms with Crippen molar-refractivity contribution in [3.05, 3.63) is 28.7 Å². The zero-order valence-electron chi connectivity index (χ0n) is 8.19. The zero-order valence-corrected chi connectivity index (χ0v) is 9.77. The molecule has 3 nitrogen and oxygen atoms in total. The lowest BCUT2D eigenvalue weighted by molar-refractivity contribution is 0.107. The van der Waals surface area contributed by atoms with E-state index < -0.39 is 0 Å².